The molecule has 8 nitrogen and oxygen atoms in total. The van der Waals surface area contributed by atoms with Crippen molar-refractivity contribution in [2.24, 2.45) is 4.99 Å². The number of nitrogens with one attached hydrogen (secondary N) is 3. The van der Waals surface area contributed by atoms with E-state index in [9.17, 15) is 4.79 Å². The molecule has 1 fully saturated rings. The Morgan fingerprint density at radius 2 is 1.78 bits per heavy atom. The van der Waals surface area contributed by atoms with Crippen LogP contribution >= 0.6 is 0 Å². The van der Waals surface area contributed by atoms with Crippen molar-refractivity contribution in [2.45, 2.75) is 77.2 Å². The molecule has 0 spiro atoms. The number of nitrogens with zero attached hydrogens (tertiary/aromatic N) is 3. The van der Waals surface area contributed by atoms with E-state index in [2.05, 4.69) is 42.6 Å². The summed E-state index contributed by atoms with van der Waals surface area (Å²) in [6.45, 7) is 7.01. The number of amides is 1. The van der Waals surface area contributed by atoms with Crippen molar-refractivity contribution in [3.8, 4) is 0 Å². The molecule has 0 unspecified atom stereocenters. The minimum atomic E-state index is -0.475. The molecule has 8 heteroatoms. The third kappa shape index (κ3) is 7.59. The normalized spacial score (nSPS) is 19.3. The molecular weight excluding hydrogens is 404 g/mol. The first-order chi connectivity index (χ1) is 15.3. The first kappa shape index (κ1) is 23.6. The van der Waals surface area contributed by atoms with Gasteiger partial charge in [-0.15, -0.1) is 0 Å². The lowest BCUT2D eigenvalue weighted by Gasteiger charge is -2.31. The molecule has 0 radical (unpaired) electrons. The third-order valence-electron chi connectivity index (χ3n) is 5.42. The van der Waals surface area contributed by atoms with Crippen LogP contribution in [0.5, 0.6) is 0 Å². The number of alkyl carbamates (subject to hydrolysis) is 1. The molecular formula is C24H36N6O2. The van der Waals surface area contributed by atoms with Gasteiger partial charge in [-0.05, 0) is 52.0 Å². The van der Waals surface area contributed by atoms with Crippen molar-refractivity contribution in [3.05, 3.63) is 54.1 Å². The molecule has 3 rings (SSSR count). The highest BCUT2D eigenvalue weighted by Crippen LogP contribution is 2.19. The van der Waals surface area contributed by atoms with Gasteiger partial charge in [0, 0.05) is 38.1 Å². The topological polar surface area (TPSA) is 92.6 Å². The van der Waals surface area contributed by atoms with Gasteiger partial charge in [0.05, 0.1) is 6.54 Å². The minimum absolute atomic E-state index is 0.156. The summed E-state index contributed by atoms with van der Waals surface area (Å²) < 4.78 is 7.50. The highest BCUT2D eigenvalue weighted by molar-refractivity contribution is 5.79. The maximum Gasteiger partial charge on any atom is 0.407 e. The molecule has 0 atom stereocenters. The fraction of sp³-hybridized carbons (Fsp3) is 0.542. The number of aromatic nitrogens is 2. The van der Waals surface area contributed by atoms with Crippen LogP contribution in [0.15, 0.2) is 47.7 Å². The number of guanidine groups is 1. The van der Waals surface area contributed by atoms with Crippen molar-refractivity contribution in [2.75, 3.05) is 7.05 Å². The number of hydrogen-bond donors (Lipinski definition) is 3. The van der Waals surface area contributed by atoms with Gasteiger partial charge >= 0.3 is 6.09 Å². The summed E-state index contributed by atoms with van der Waals surface area (Å²) in [5.41, 5.74) is 0.766. The molecule has 0 saturated heterocycles. The molecule has 1 aromatic carbocycles. The second kappa shape index (κ2) is 11.0. The van der Waals surface area contributed by atoms with Crippen LogP contribution in [0.4, 0.5) is 4.79 Å². The summed E-state index contributed by atoms with van der Waals surface area (Å²) >= 11 is 0. The molecule has 1 amide bonds. The molecule has 174 valence electrons. The zero-order valence-electron chi connectivity index (χ0n) is 19.6. The molecule has 2 aromatic rings. The molecule has 1 saturated carbocycles. The summed E-state index contributed by atoms with van der Waals surface area (Å²) in [7, 11) is 1.78. The SMILES string of the molecule is CN=C(NCc1nccn1Cc1ccccc1)NC1CCC(NC(=O)OC(C)(C)C)CC1. The van der Waals surface area contributed by atoms with Gasteiger partial charge in [-0.2, -0.15) is 0 Å². The number of ether oxygens (including phenoxy) is 1. The summed E-state index contributed by atoms with van der Waals surface area (Å²) in [6, 6.07) is 10.8. The molecule has 1 aliphatic carbocycles. The van der Waals surface area contributed by atoms with E-state index in [0.29, 0.717) is 12.6 Å². The van der Waals surface area contributed by atoms with E-state index in [1.807, 2.05) is 51.4 Å². The van der Waals surface area contributed by atoms with Crippen LogP contribution < -0.4 is 16.0 Å². The van der Waals surface area contributed by atoms with Crippen LogP contribution in [0.2, 0.25) is 0 Å². The maximum absolute atomic E-state index is 12.0. The van der Waals surface area contributed by atoms with E-state index in [1.54, 1.807) is 7.05 Å². The van der Waals surface area contributed by atoms with E-state index in [1.165, 1.54) is 5.56 Å². The number of carbonyl (C=O) groups is 1. The maximum atomic E-state index is 12.0. The first-order valence-electron chi connectivity index (χ1n) is 11.3. The predicted molar refractivity (Wildman–Crippen MR) is 127 cm³/mol. The van der Waals surface area contributed by atoms with Crippen molar-refractivity contribution in [1.82, 2.24) is 25.5 Å². The van der Waals surface area contributed by atoms with Crippen molar-refractivity contribution < 1.29 is 9.53 Å². The Bertz CT molecular complexity index is 879. The van der Waals surface area contributed by atoms with E-state index in [4.69, 9.17) is 4.74 Å². The molecule has 32 heavy (non-hydrogen) atoms. The summed E-state index contributed by atoms with van der Waals surface area (Å²) in [5, 5.41) is 9.87. The van der Waals surface area contributed by atoms with Crippen LogP contribution in [0.3, 0.4) is 0 Å². The van der Waals surface area contributed by atoms with Gasteiger partial charge in [-0.25, -0.2) is 9.78 Å². The Kier molecular flexibility index (Phi) is 8.14. The number of carbonyl (C=O) groups excluding carboxylic acids is 1. The summed E-state index contributed by atoms with van der Waals surface area (Å²) in [6.07, 6.45) is 7.24. The second-order valence-electron chi connectivity index (χ2n) is 9.22. The zero-order valence-corrected chi connectivity index (χ0v) is 19.6. The van der Waals surface area contributed by atoms with Crippen LogP contribution in [0, 0.1) is 0 Å². The molecule has 1 aromatic heterocycles. The smallest absolute Gasteiger partial charge is 0.407 e. The molecule has 1 aliphatic rings. The largest absolute Gasteiger partial charge is 0.444 e. The van der Waals surface area contributed by atoms with Crippen LogP contribution in [-0.4, -0.2) is 46.3 Å². The average Bonchev–Trinajstić information content (AvgIpc) is 3.18. The van der Waals surface area contributed by atoms with Gasteiger partial charge in [0.1, 0.15) is 11.4 Å². The highest BCUT2D eigenvalue weighted by atomic mass is 16.6. The number of benzene rings is 1. The van der Waals surface area contributed by atoms with E-state index in [-0.39, 0.29) is 12.1 Å². The Balaban J connectivity index is 1.43. The fourth-order valence-electron chi connectivity index (χ4n) is 3.84. The molecule has 0 bridgehead atoms. The lowest BCUT2D eigenvalue weighted by molar-refractivity contribution is 0.0490. The fourth-order valence-corrected chi connectivity index (χ4v) is 3.84. The monoisotopic (exact) mass is 440 g/mol. The van der Waals surface area contributed by atoms with E-state index < -0.39 is 5.60 Å². The average molecular weight is 441 g/mol. The Labute approximate surface area is 190 Å². The lowest BCUT2D eigenvalue weighted by atomic mass is 9.91. The number of imidazole rings is 1. The van der Waals surface area contributed by atoms with Crippen LogP contribution in [0.25, 0.3) is 0 Å². The summed E-state index contributed by atoms with van der Waals surface area (Å²) in [5.74, 6) is 1.73. The third-order valence-corrected chi connectivity index (χ3v) is 5.42. The van der Waals surface area contributed by atoms with Gasteiger partial charge in [-0.3, -0.25) is 4.99 Å². The van der Waals surface area contributed by atoms with Crippen LogP contribution in [-0.2, 0) is 17.8 Å². The Hall–Kier alpha value is -3.03. The Morgan fingerprint density at radius 3 is 2.41 bits per heavy atom. The molecule has 3 N–H and O–H groups in total. The van der Waals surface area contributed by atoms with Crippen molar-refractivity contribution in [1.29, 1.82) is 0 Å². The Morgan fingerprint density at radius 1 is 1.12 bits per heavy atom. The van der Waals surface area contributed by atoms with E-state index in [0.717, 1.165) is 44.0 Å². The molecule has 0 aliphatic heterocycles. The second-order valence-corrected chi connectivity index (χ2v) is 9.22. The summed E-state index contributed by atoms with van der Waals surface area (Å²) in [4.78, 5) is 20.9. The van der Waals surface area contributed by atoms with Gasteiger partial charge in [0.15, 0.2) is 5.96 Å². The number of rotatable bonds is 6. The zero-order chi connectivity index (χ0) is 23.0. The highest BCUT2D eigenvalue weighted by Gasteiger charge is 2.25. The molecule has 1 heterocycles. The lowest BCUT2D eigenvalue weighted by Crippen LogP contribution is -2.48. The van der Waals surface area contributed by atoms with Gasteiger partial charge in [0.25, 0.3) is 0 Å². The quantitative estimate of drug-likeness (QED) is 0.473. The first-order valence-corrected chi connectivity index (χ1v) is 11.3. The van der Waals surface area contributed by atoms with Crippen molar-refractivity contribution in [3.63, 3.8) is 0 Å². The van der Waals surface area contributed by atoms with Gasteiger partial charge in [-0.1, -0.05) is 30.3 Å². The standard InChI is InChI=1S/C24H36N6O2/c1-24(2,3)32-23(31)29-20-12-10-19(11-13-20)28-22(25-4)27-16-21-26-14-15-30(21)17-18-8-6-5-7-9-18/h5-9,14-15,19-20H,10-13,16-17H2,1-4H3,(H,29,31)(H2,25,27,28). The number of aliphatic imine (C=N–C) groups is 1. The minimum Gasteiger partial charge on any atom is -0.444 e. The van der Waals surface area contributed by atoms with Gasteiger partial charge < -0.3 is 25.3 Å². The van der Waals surface area contributed by atoms with Crippen LogP contribution in [0.1, 0.15) is 57.8 Å². The van der Waals surface area contributed by atoms with E-state index >= 15 is 0 Å². The predicted octanol–water partition coefficient (Wildman–Crippen LogP) is 3.43. The van der Waals surface area contributed by atoms with Gasteiger partial charge in [0.2, 0.25) is 0 Å². The number of hydrogen-bond acceptors (Lipinski definition) is 4. The van der Waals surface area contributed by atoms with Crippen molar-refractivity contribution >= 4 is 12.1 Å².